The van der Waals surface area contributed by atoms with Crippen molar-refractivity contribution >= 4 is 45.6 Å². The SMILES string of the molecule is COc1cc(C=NN2C(=O)C3C4C=CC(C4)C3C2=O)c(Br)c(Cl)c1OC. The summed E-state index contributed by atoms with van der Waals surface area (Å²) in [7, 11) is 2.99. The highest BCUT2D eigenvalue weighted by atomic mass is 79.9. The van der Waals surface area contributed by atoms with Crippen LogP contribution in [0.5, 0.6) is 11.5 Å². The van der Waals surface area contributed by atoms with Gasteiger partial charge in [0.1, 0.15) is 5.02 Å². The molecule has 2 aliphatic carbocycles. The summed E-state index contributed by atoms with van der Waals surface area (Å²) in [5.41, 5.74) is 0.575. The first-order valence-corrected chi connectivity index (χ1v) is 9.35. The van der Waals surface area contributed by atoms with Crippen molar-refractivity contribution in [1.29, 1.82) is 0 Å². The van der Waals surface area contributed by atoms with Gasteiger partial charge in [0.25, 0.3) is 11.8 Å². The van der Waals surface area contributed by atoms with Crippen LogP contribution in [0.2, 0.25) is 5.02 Å². The molecule has 3 aliphatic rings. The van der Waals surface area contributed by atoms with Gasteiger partial charge in [-0.25, -0.2) is 0 Å². The van der Waals surface area contributed by atoms with Crippen molar-refractivity contribution in [2.24, 2.45) is 28.8 Å². The number of hydrazone groups is 1. The van der Waals surface area contributed by atoms with E-state index in [0.717, 1.165) is 11.4 Å². The van der Waals surface area contributed by atoms with Crippen molar-refractivity contribution in [3.8, 4) is 11.5 Å². The van der Waals surface area contributed by atoms with E-state index >= 15 is 0 Å². The standard InChI is InChI=1S/C18H16BrClN2O4/c1-25-11-6-10(14(19)15(20)16(11)26-2)7-21-22-17(23)12-8-3-4-9(5-8)13(12)18(22)24/h3-4,6-9,12-13H,5H2,1-2H3. The zero-order valence-electron chi connectivity index (χ0n) is 14.1. The molecule has 1 aromatic rings. The minimum atomic E-state index is -0.271. The molecule has 136 valence electrons. The maximum Gasteiger partial charge on any atom is 0.254 e. The Bertz CT molecular complexity index is 839. The van der Waals surface area contributed by atoms with E-state index in [2.05, 4.69) is 33.2 Å². The lowest BCUT2D eigenvalue weighted by Gasteiger charge is -2.14. The van der Waals surface area contributed by atoms with Crippen molar-refractivity contribution in [3.63, 3.8) is 0 Å². The van der Waals surface area contributed by atoms with Gasteiger partial charge in [0.2, 0.25) is 0 Å². The zero-order valence-corrected chi connectivity index (χ0v) is 16.5. The van der Waals surface area contributed by atoms with Gasteiger partial charge in [0.05, 0.1) is 32.3 Å². The Morgan fingerprint density at radius 3 is 2.35 bits per heavy atom. The molecule has 26 heavy (non-hydrogen) atoms. The zero-order chi connectivity index (χ0) is 18.6. The van der Waals surface area contributed by atoms with Crippen LogP contribution in [0.1, 0.15) is 12.0 Å². The Labute approximate surface area is 163 Å². The number of carbonyl (C=O) groups excluding carboxylic acids is 2. The van der Waals surface area contributed by atoms with Crippen LogP contribution >= 0.6 is 27.5 Å². The predicted molar refractivity (Wildman–Crippen MR) is 99.4 cm³/mol. The molecule has 0 aromatic heterocycles. The molecule has 0 radical (unpaired) electrons. The van der Waals surface area contributed by atoms with Crippen LogP contribution in [0.15, 0.2) is 27.8 Å². The van der Waals surface area contributed by atoms with E-state index in [1.165, 1.54) is 20.4 Å². The van der Waals surface area contributed by atoms with Crippen molar-refractivity contribution in [3.05, 3.63) is 33.3 Å². The van der Waals surface area contributed by atoms with Crippen molar-refractivity contribution in [1.82, 2.24) is 5.01 Å². The van der Waals surface area contributed by atoms with Gasteiger partial charge in [0.15, 0.2) is 11.5 Å². The van der Waals surface area contributed by atoms with Crippen LogP contribution in [-0.2, 0) is 9.59 Å². The molecule has 0 N–H and O–H groups in total. The lowest BCUT2D eigenvalue weighted by Crippen LogP contribution is -2.28. The number of rotatable bonds is 4. The van der Waals surface area contributed by atoms with Crippen molar-refractivity contribution in [2.75, 3.05) is 14.2 Å². The van der Waals surface area contributed by atoms with Gasteiger partial charge in [0, 0.05) is 10.0 Å². The molecule has 2 fully saturated rings. The first kappa shape index (κ1) is 17.5. The van der Waals surface area contributed by atoms with E-state index in [-0.39, 0.29) is 35.5 Å². The summed E-state index contributed by atoms with van der Waals surface area (Å²) in [5.74, 6) is 0.141. The van der Waals surface area contributed by atoms with Crippen LogP contribution < -0.4 is 9.47 Å². The average Bonchev–Trinajstić information content (AvgIpc) is 3.31. The molecule has 1 saturated heterocycles. The van der Waals surface area contributed by atoms with Crippen LogP contribution in [0, 0.1) is 23.7 Å². The number of amides is 2. The van der Waals surface area contributed by atoms with E-state index < -0.39 is 0 Å². The molecular formula is C18H16BrClN2O4. The first-order valence-electron chi connectivity index (χ1n) is 8.18. The van der Waals surface area contributed by atoms with E-state index in [9.17, 15) is 9.59 Å². The second-order valence-electron chi connectivity index (χ2n) is 6.56. The Morgan fingerprint density at radius 1 is 1.19 bits per heavy atom. The summed E-state index contributed by atoms with van der Waals surface area (Å²) >= 11 is 9.69. The molecule has 2 amide bonds. The average molecular weight is 440 g/mol. The van der Waals surface area contributed by atoms with Crippen LogP contribution in [0.4, 0.5) is 0 Å². The molecule has 6 nitrogen and oxygen atoms in total. The van der Waals surface area contributed by atoms with Gasteiger partial charge in [-0.05, 0) is 40.3 Å². The Hall–Kier alpha value is -1.86. The first-order chi connectivity index (χ1) is 12.5. The summed E-state index contributed by atoms with van der Waals surface area (Å²) in [5, 5.41) is 5.49. The van der Waals surface area contributed by atoms with Crippen LogP contribution in [0.3, 0.4) is 0 Å². The smallest absolute Gasteiger partial charge is 0.254 e. The quantitative estimate of drug-likeness (QED) is 0.410. The van der Waals surface area contributed by atoms with Crippen LogP contribution in [-0.4, -0.2) is 37.3 Å². The Balaban J connectivity index is 1.64. The number of methoxy groups -OCH3 is 2. The number of allylic oxidation sites excluding steroid dienone is 2. The predicted octanol–water partition coefficient (Wildman–Crippen LogP) is 3.26. The van der Waals surface area contributed by atoms with Gasteiger partial charge in [-0.3, -0.25) is 9.59 Å². The minimum Gasteiger partial charge on any atom is -0.493 e. The van der Waals surface area contributed by atoms with Gasteiger partial charge >= 0.3 is 0 Å². The fraction of sp³-hybridized carbons (Fsp3) is 0.389. The van der Waals surface area contributed by atoms with Gasteiger partial charge < -0.3 is 9.47 Å². The second kappa shape index (κ2) is 6.39. The number of hydrogen-bond acceptors (Lipinski definition) is 5. The summed E-state index contributed by atoms with van der Waals surface area (Å²) in [4.78, 5) is 25.3. The molecule has 1 aliphatic heterocycles. The van der Waals surface area contributed by atoms with Crippen LogP contribution in [0.25, 0.3) is 0 Å². The fourth-order valence-electron chi connectivity index (χ4n) is 4.16. The number of halogens is 2. The number of imide groups is 1. The highest BCUT2D eigenvalue weighted by Gasteiger charge is 2.59. The van der Waals surface area contributed by atoms with Crippen molar-refractivity contribution < 1.29 is 19.1 Å². The summed E-state index contributed by atoms with van der Waals surface area (Å²) in [6.07, 6.45) is 6.43. The third-order valence-corrected chi connectivity index (χ3v) is 6.78. The maximum absolute atomic E-state index is 12.7. The second-order valence-corrected chi connectivity index (χ2v) is 7.73. The third kappa shape index (κ3) is 2.41. The monoisotopic (exact) mass is 438 g/mol. The topological polar surface area (TPSA) is 68.2 Å². The lowest BCUT2D eigenvalue weighted by molar-refractivity contribution is -0.140. The minimum absolute atomic E-state index is 0.156. The Kier molecular flexibility index (Phi) is 4.31. The number of carbonyl (C=O) groups is 2. The maximum atomic E-state index is 12.7. The normalized spacial score (nSPS) is 29.2. The highest BCUT2D eigenvalue weighted by Crippen LogP contribution is 2.52. The van der Waals surface area contributed by atoms with Crippen molar-refractivity contribution in [2.45, 2.75) is 6.42 Å². The molecule has 2 bridgehead atoms. The fourth-order valence-corrected chi connectivity index (χ4v) is 4.84. The highest BCUT2D eigenvalue weighted by molar-refractivity contribution is 9.10. The Morgan fingerprint density at radius 2 is 1.81 bits per heavy atom. The largest absolute Gasteiger partial charge is 0.493 e. The molecule has 1 aromatic carbocycles. The lowest BCUT2D eigenvalue weighted by atomic mass is 9.85. The summed E-state index contributed by atoms with van der Waals surface area (Å²) in [6, 6.07) is 1.68. The molecule has 8 heteroatoms. The number of nitrogens with zero attached hydrogens (tertiary/aromatic N) is 2. The van der Waals surface area contributed by atoms with E-state index in [1.54, 1.807) is 6.07 Å². The summed E-state index contributed by atoms with van der Waals surface area (Å²) < 4.78 is 11.1. The van der Waals surface area contributed by atoms with Gasteiger partial charge in [-0.15, -0.1) is 0 Å². The number of fused-ring (bicyclic) bond motifs is 5. The number of benzene rings is 1. The van der Waals surface area contributed by atoms with E-state index in [4.69, 9.17) is 21.1 Å². The van der Waals surface area contributed by atoms with E-state index in [1.807, 2.05) is 0 Å². The molecule has 1 saturated carbocycles. The molecule has 4 rings (SSSR count). The molecule has 4 unspecified atom stereocenters. The number of hydrogen-bond donors (Lipinski definition) is 0. The van der Waals surface area contributed by atoms with Gasteiger partial charge in [-0.2, -0.15) is 10.1 Å². The molecule has 0 spiro atoms. The van der Waals surface area contributed by atoms with Gasteiger partial charge in [-0.1, -0.05) is 23.8 Å². The molecular weight excluding hydrogens is 424 g/mol. The third-order valence-electron chi connectivity index (χ3n) is 5.34. The number of ether oxygens (including phenoxy) is 2. The van der Waals surface area contributed by atoms with E-state index in [0.29, 0.717) is 26.6 Å². The molecule has 1 heterocycles. The molecule has 4 atom stereocenters. The summed E-state index contributed by atoms with van der Waals surface area (Å²) in [6.45, 7) is 0.